The molecule has 0 bridgehead atoms. The molecule has 10 heteroatoms. The number of rotatable bonds is 10. The van der Waals surface area contributed by atoms with Gasteiger partial charge in [-0.1, -0.05) is 11.6 Å². The Morgan fingerprint density at radius 2 is 1.85 bits per heavy atom. The largest absolute Gasteiger partial charge is 0.497 e. The van der Waals surface area contributed by atoms with E-state index in [1.807, 2.05) is 43.6 Å². The van der Waals surface area contributed by atoms with Gasteiger partial charge in [0.2, 0.25) is 5.95 Å². The summed E-state index contributed by atoms with van der Waals surface area (Å²) >= 11 is 6.63. The first kappa shape index (κ1) is 27.7. The van der Waals surface area contributed by atoms with Crippen LogP contribution in [-0.4, -0.2) is 68.1 Å². The maximum Gasteiger partial charge on any atom is 0.227 e. The fraction of sp³-hybridized carbons (Fsp3) is 0.367. The van der Waals surface area contributed by atoms with E-state index in [-0.39, 0.29) is 0 Å². The summed E-state index contributed by atoms with van der Waals surface area (Å²) < 4.78 is 16.9. The quantitative estimate of drug-likeness (QED) is 0.301. The third kappa shape index (κ3) is 6.00. The number of allylic oxidation sites excluding steroid dienone is 1. The van der Waals surface area contributed by atoms with Crippen LogP contribution in [0.4, 0.5) is 11.6 Å². The molecule has 0 unspecified atom stereocenters. The molecule has 0 radical (unpaired) electrons. The number of aromatic nitrogens is 2. The molecule has 0 saturated carbocycles. The fourth-order valence-electron chi connectivity index (χ4n) is 5.17. The van der Waals surface area contributed by atoms with Crippen molar-refractivity contribution in [3.05, 3.63) is 64.4 Å². The highest BCUT2D eigenvalue weighted by molar-refractivity contribution is 6.35. The van der Waals surface area contributed by atoms with Crippen LogP contribution >= 0.6 is 11.6 Å². The van der Waals surface area contributed by atoms with Gasteiger partial charge in [0.1, 0.15) is 23.9 Å². The lowest BCUT2D eigenvalue weighted by Gasteiger charge is -2.24. The topological polar surface area (TPSA) is 105 Å². The molecule has 3 N–H and O–H groups in total. The second-order valence-corrected chi connectivity index (χ2v) is 10.2. The van der Waals surface area contributed by atoms with E-state index in [0.717, 1.165) is 47.9 Å². The van der Waals surface area contributed by atoms with E-state index >= 15 is 0 Å². The maximum absolute atomic E-state index is 8.81. The van der Waals surface area contributed by atoms with Crippen LogP contribution in [0.2, 0.25) is 5.02 Å². The first-order valence-corrected chi connectivity index (χ1v) is 13.9. The molecule has 210 valence electrons. The van der Waals surface area contributed by atoms with Gasteiger partial charge in [0.25, 0.3) is 0 Å². The predicted molar refractivity (Wildman–Crippen MR) is 159 cm³/mol. The van der Waals surface area contributed by atoms with E-state index in [1.165, 1.54) is 12.8 Å². The van der Waals surface area contributed by atoms with Crippen molar-refractivity contribution >= 4 is 40.2 Å². The van der Waals surface area contributed by atoms with Crippen molar-refractivity contribution in [2.45, 2.75) is 25.7 Å². The number of halogens is 1. The Kier molecular flexibility index (Phi) is 8.72. The molecule has 3 aromatic rings. The normalized spacial score (nSPS) is 16.4. The van der Waals surface area contributed by atoms with Crippen molar-refractivity contribution in [1.82, 2.24) is 20.2 Å². The minimum absolute atomic E-state index is 0.406. The number of likely N-dealkylation sites (tertiary alicyclic amines) is 1. The summed E-state index contributed by atoms with van der Waals surface area (Å²) in [7, 11) is 5.05. The van der Waals surface area contributed by atoms with Crippen LogP contribution in [0.15, 0.2) is 42.6 Å². The number of fused-ring (bicyclic) bond motifs is 1. The van der Waals surface area contributed by atoms with Crippen molar-refractivity contribution < 1.29 is 14.2 Å². The van der Waals surface area contributed by atoms with E-state index < -0.39 is 0 Å². The van der Waals surface area contributed by atoms with E-state index in [4.69, 9.17) is 36.2 Å². The molecule has 0 amide bonds. The molecule has 2 heterocycles. The minimum atomic E-state index is 0.406. The zero-order valence-corrected chi connectivity index (χ0v) is 23.9. The Morgan fingerprint density at radius 1 is 1.05 bits per heavy atom. The van der Waals surface area contributed by atoms with Gasteiger partial charge in [-0.2, -0.15) is 0 Å². The second-order valence-electron chi connectivity index (χ2n) is 9.78. The summed E-state index contributed by atoms with van der Waals surface area (Å²) in [5.74, 6) is 2.45. The number of hydrogen-bond donors (Lipinski definition) is 3. The molecule has 2 aliphatic rings. The summed E-state index contributed by atoms with van der Waals surface area (Å²) in [4.78, 5) is 11.9. The molecule has 1 aliphatic heterocycles. The molecular weight excluding hydrogens is 528 g/mol. The number of anilines is 2. The summed E-state index contributed by atoms with van der Waals surface area (Å²) in [6.45, 7) is 3.86. The van der Waals surface area contributed by atoms with E-state index in [2.05, 4.69) is 20.5 Å². The predicted octanol–water partition coefficient (Wildman–Crippen LogP) is 5.42. The second kappa shape index (κ2) is 12.6. The Bertz CT molecular complexity index is 1420. The van der Waals surface area contributed by atoms with Crippen LogP contribution in [0, 0.1) is 5.41 Å². The molecule has 9 nitrogen and oxygen atoms in total. The molecule has 1 aliphatic carbocycles. The minimum Gasteiger partial charge on any atom is -0.497 e. The highest BCUT2D eigenvalue weighted by Crippen LogP contribution is 2.37. The van der Waals surface area contributed by atoms with Crippen molar-refractivity contribution in [2.24, 2.45) is 0 Å². The lowest BCUT2D eigenvalue weighted by molar-refractivity contribution is 0.237. The van der Waals surface area contributed by atoms with Crippen LogP contribution in [0.1, 0.15) is 36.1 Å². The molecule has 5 rings (SSSR count). The lowest BCUT2D eigenvalue weighted by Crippen LogP contribution is -2.25. The Hall–Kier alpha value is -3.82. The van der Waals surface area contributed by atoms with Gasteiger partial charge in [-0.05, 0) is 74.7 Å². The number of ether oxygens (including phenoxy) is 3. The van der Waals surface area contributed by atoms with E-state index in [9.17, 15) is 0 Å². The summed E-state index contributed by atoms with van der Waals surface area (Å²) in [5.41, 5.74) is 5.09. The number of methoxy groups -OCH3 is 2. The van der Waals surface area contributed by atoms with Gasteiger partial charge in [-0.3, -0.25) is 4.90 Å². The molecule has 1 fully saturated rings. The molecule has 1 aromatic heterocycles. The number of aryl methyl sites for hydroxylation is 1. The number of benzene rings is 2. The van der Waals surface area contributed by atoms with Gasteiger partial charge in [0.15, 0.2) is 0 Å². The van der Waals surface area contributed by atoms with E-state index in [1.54, 1.807) is 20.3 Å². The first-order chi connectivity index (χ1) is 19.5. The molecule has 2 aromatic carbocycles. The average molecular weight is 563 g/mol. The highest BCUT2D eigenvalue weighted by atomic mass is 35.5. The van der Waals surface area contributed by atoms with Gasteiger partial charge >= 0.3 is 0 Å². The smallest absolute Gasteiger partial charge is 0.227 e. The molecule has 40 heavy (non-hydrogen) atoms. The van der Waals surface area contributed by atoms with Crippen molar-refractivity contribution in [1.29, 1.82) is 5.41 Å². The summed E-state index contributed by atoms with van der Waals surface area (Å²) in [6.07, 6.45) is 5.64. The number of nitrogens with zero attached hydrogens (tertiary/aromatic N) is 3. The van der Waals surface area contributed by atoms with Gasteiger partial charge in [0.05, 0.1) is 36.3 Å². The third-order valence-corrected chi connectivity index (χ3v) is 7.60. The van der Waals surface area contributed by atoms with Crippen LogP contribution in [0.5, 0.6) is 17.2 Å². The van der Waals surface area contributed by atoms with Crippen molar-refractivity contribution in [2.75, 3.05) is 52.8 Å². The molecular formula is C30H35ClN6O3. The summed E-state index contributed by atoms with van der Waals surface area (Å²) in [5, 5.41) is 15.9. The van der Waals surface area contributed by atoms with Gasteiger partial charge in [0, 0.05) is 42.7 Å². The first-order valence-electron chi connectivity index (χ1n) is 13.5. The van der Waals surface area contributed by atoms with Crippen LogP contribution in [0.3, 0.4) is 0 Å². The van der Waals surface area contributed by atoms with E-state index in [0.29, 0.717) is 58.9 Å². The number of nitrogens with one attached hydrogen (secondary N) is 3. The lowest BCUT2D eigenvalue weighted by atomic mass is 9.87. The molecule has 1 saturated heterocycles. The third-order valence-electron chi connectivity index (χ3n) is 7.29. The monoisotopic (exact) mass is 562 g/mol. The van der Waals surface area contributed by atoms with Crippen molar-refractivity contribution in [3.8, 4) is 17.2 Å². The van der Waals surface area contributed by atoms with Crippen LogP contribution in [-0.2, 0) is 6.42 Å². The molecule has 0 spiro atoms. The Morgan fingerprint density at radius 3 is 2.58 bits per heavy atom. The van der Waals surface area contributed by atoms with Crippen molar-refractivity contribution in [3.63, 3.8) is 0 Å². The van der Waals surface area contributed by atoms with Crippen LogP contribution in [0.25, 0.3) is 11.3 Å². The SMILES string of the molecule is CN/C(=C1\C(=N)CCc2cnc(Nc3ccc(OCCN4CCCC4)cc3OC)nc21)c1ccc(OC)cc1Cl. The standard InChI is InChI=1S/C30H35ClN6O3/c1-33-29(22-9-7-20(38-2)16-23(22)31)27-24(32)10-6-19-18-34-30(36-28(19)27)35-25-11-8-21(17-26(25)39-3)40-15-14-37-12-4-5-13-37/h7-9,11,16-18,32-33H,4-6,10,12-15H2,1-3H3,(H,34,35,36)/b29-27+,32-24?. The Labute approximate surface area is 240 Å². The highest BCUT2D eigenvalue weighted by Gasteiger charge is 2.26. The van der Waals surface area contributed by atoms with Gasteiger partial charge < -0.3 is 30.3 Å². The zero-order valence-electron chi connectivity index (χ0n) is 23.1. The Balaban J connectivity index is 1.42. The average Bonchev–Trinajstić information content (AvgIpc) is 3.49. The molecule has 0 atom stereocenters. The summed E-state index contributed by atoms with van der Waals surface area (Å²) in [6, 6.07) is 11.2. The van der Waals surface area contributed by atoms with Gasteiger partial charge in [-0.25, -0.2) is 9.97 Å². The zero-order chi connectivity index (χ0) is 28.1. The fourth-order valence-corrected chi connectivity index (χ4v) is 5.43. The maximum atomic E-state index is 8.81. The van der Waals surface area contributed by atoms with Crippen LogP contribution < -0.4 is 24.8 Å². The number of hydrogen-bond acceptors (Lipinski definition) is 9. The van der Waals surface area contributed by atoms with Gasteiger partial charge in [-0.15, -0.1) is 0 Å².